The summed E-state index contributed by atoms with van der Waals surface area (Å²) >= 11 is 6.41. The van der Waals surface area contributed by atoms with Gasteiger partial charge in [-0.3, -0.25) is 4.79 Å². The number of ether oxygens (including phenoxy) is 2. The number of nitrogens with one attached hydrogen (secondary N) is 1. The molecule has 0 radical (unpaired) electrons. The number of pyridine rings is 1. The molecule has 0 amide bonds. The van der Waals surface area contributed by atoms with Crippen molar-refractivity contribution in [2.75, 3.05) is 6.61 Å². The number of aromatic nitrogens is 3. The second kappa shape index (κ2) is 6.66. The number of H-pyrrole nitrogens is 1. The third-order valence-corrected chi connectivity index (χ3v) is 5.36. The van der Waals surface area contributed by atoms with Crippen LogP contribution in [0.25, 0.3) is 11.3 Å². The Kier molecular flexibility index (Phi) is 4.09. The molecule has 1 aliphatic carbocycles. The van der Waals surface area contributed by atoms with Crippen LogP contribution in [0, 0.1) is 5.92 Å². The van der Waals surface area contributed by atoms with E-state index in [1.54, 1.807) is 22.9 Å². The average Bonchev–Trinajstić information content (AvgIpc) is 3.36. The molecular formula is C20H16ClN3O5. The molecule has 2 aromatic heterocycles. The largest absolute Gasteiger partial charge is 0.492 e. The number of carbonyl (C=O) groups is 1. The van der Waals surface area contributed by atoms with Crippen molar-refractivity contribution >= 4 is 17.6 Å². The summed E-state index contributed by atoms with van der Waals surface area (Å²) in [7, 11) is 0. The molecule has 1 unspecified atom stereocenters. The van der Waals surface area contributed by atoms with E-state index in [-0.39, 0.29) is 5.56 Å². The molecule has 3 heterocycles. The van der Waals surface area contributed by atoms with Crippen molar-refractivity contribution in [3.63, 3.8) is 0 Å². The molecule has 0 spiro atoms. The van der Waals surface area contributed by atoms with Crippen LogP contribution >= 0.6 is 11.6 Å². The molecule has 1 saturated carbocycles. The number of aromatic amines is 1. The van der Waals surface area contributed by atoms with Crippen LogP contribution in [0.15, 0.2) is 41.7 Å². The van der Waals surface area contributed by atoms with Gasteiger partial charge in [0.25, 0.3) is 0 Å². The van der Waals surface area contributed by atoms with E-state index in [2.05, 4.69) is 9.97 Å². The van der Waals surface area contributed by atoms with Gasteiger partial charge in [0, 0.05) is 23.9 Å². The number of fused-ring (bicyclic) bond motifs is 3. The van der Waals surface area contributed by atoms with Crippen LogP contribution in [0.5, 0.6) is 11.5 Å². The molecule has 1 aromatic carbocycles. The fourth-order valence-corrected chi connectivity index (χ4v) is 3.57. The van der Waals surface area contributed by atoms with Crippen molar-refractivity contribution in [1.82, 2.24) is 14.5 Å². The molecule has 1 aliphatic heterocycles. The second-order valence-electron chi connectivity index (χ2n) is 7.16. The van der Waals surface area contributed by atoms with Crippen LogP contribution in [0.2, 0.25) is 5.02 Å². The maximum absolute atomic E-state index is 12.4. The Bertz CT molecular complexity index is 1170. The summed E-state index contributed by atoms with van der Waals surface area (Å²) in [6, 6.07) is 4.67. The van der Waals surface area contributed by atoms with Crippen LogP contribution < -0.4 is 14.9 Å². The minimum absolute atomic E-state index is 0.346. The van der Waals surface area contributed by atoms with Gasteiger partial charge < -0.3 is 24.1 Å². The fourth-order valence-electron chi connectivity index (χ4n) is 3.35. The minimum Gasteiger partial charge on any atom is -0.492 e. The molecule has 8 nitrogen and oxygen atoms in total. The van der Waals surface area contributed by atoms with Gasteiger partial charge in [0.05, 0.1) is 35.5 Å². The highest BCUT2D eigenvalue weighted by Crippen LogP contribution is 2.44. The highest BCUT2D eigenvalue weighted by atomic mass is 35.5. The summed E-state index contributed by atoms with van der Waals surface area (Å²) in [4.78, 5) is 30.8. The SMILES string of the molecule is O=C(O)c1cn2c(cc1=O)-c1cc(Cl)c(OCC3CC3)cc1OC2c1cnc[nH]1. The first-order chi connectivity index (χ1) is 14.0. The molecule has 148 valence electrons. The average molecular weight is 414 g/mol. The summed E-state index contributed by atoms with van der Waals surface area (Å²) < 4.78 is 13.6. The van der Waals surface area contributed by atoms with Crippen LogP contribution in [0.3, 0.4) is 0 Å². The third kappa shape index (κ3) is 3.15. The van der Waals surface area contributed by atoms with Gasteiger partial charge in [0.2, 0.25) is 6.23 Å². The van der Waals surface area contributed by atoms with Crippen molar-refractivity contribution < 1.29 is 19.4 Å². The molecule has 3 aromatic rings. The van der Waals surface area contributed by atoms with Crippen LogP contribution in [-0.4, -0.2) is 32.2 Å². The van der Waals surface area contributed by atoms with Crippen molar-refractivity contribution in [2.45, 2.75) is 19.1 Å². The van der Waals surface area contributed by atoms with Crippen molar-refractivity contribution in [3.05, 3.63) is 63.4 Å². The van der Waals surface area contributed by atoms with Crippen molar-refractivity contribution in [1.29, 1.82) is 0 Å². The number of carboxylic acid groups (broad SMARTS) is 1. The quantitative estimate of drug-likeness (QED) is 0.664. The van der Waals surface area contributed by atoms with Crippen LogP contribution in [0.1, 0.15) is 35.1 Å². The van der Waals surface area contributed by atoms with E-state index in [0.29, 0.717) is 46.0 Å². The van der Waals surface area contributed by atoms with E-state index in [4.69, 9.17) is 21.1 Å². The van der Waals surface area contributed by atoms with Gasteiger partial charge in [-0.2, -0.15) is 0 Å². The number of hydrogen-bond acceptors (Lipinski definition) is 5. The molecule has 1 atom stereocenters. The molecule has 0 saturated heterocycles. The number of aromatic carboxylic acids is 1. The lowest BCUT2D eigenvalue weighted by atomic mass is 10.0. The Balaban J connectivity index is 1.66. The zero-order chi connectivity index (χ0) is 20.1. The van der Waals surface area contributed by atoms with E-state index >= 15 is 0 Å². The molecule has 29 heavy (non-hydrogen) atoms. The van der Waals surface area contributed by atoms with Gasteiger partial charge in [-0.25, -0.2) is 9.78 Å². The topological polar surface area (TPSA) is 106 Å². The molecule has 2 N–H and O–H groups in total. The Morgan fingerprint density at radius 1 is 1.38 bits per heavy atom. The number of carboxylic acids is 1. The number of hydrogen-bond donors (Lipinski definition) is 2. The summed E-state index contributed by atoms with van der Waals surface area (Å²) in [6.45, 7) is 0.598. The van der Waals surface area contributed by atoms with E-state index < -0.39 is 17.6 Å². The van der Waals surface area contributed by atoms with E-state index in [9.17, 15) is 14.7 Å². The highest BCUT2D eigenvalue weighted by Gasteiger charge is 2.30. The lowest BCUT2D eigenvalue weighted by molar-refractivity contribution is 0.0693. The standard InChI is InChI=1S/C20H16ClN3O5/c21-13-3-11-15-4-16(25)12(20(26)27)7-24(15)19(14-6-22-9-23-14)29-17(11)5-18(13)28-8-10-1-2-10/h3-7,9-10,19H,1-2,8H2,(H,22,23)(H,26,27). The zero-order valence-electron chi connectivity index (χ0n) is 15.1. The fraction of sp³-hybridized carbons (Fsp3) is 0.250. The third-order valence-electron chi connectivity index (χ3n) is 5.07. The molecule has 0 bridgehead atoms. The first-order valence-corrected chi connectivity index (χ1v) is 9.50. The van der Waals surface area contributed by atoms with Gasteiger partial charge in [0.1, 0.15) is 17.1 Å². The first kappa shape index (κ1) is 17.8. The molecule has 5 rings (SSSR count). The Hall–Kier alpha value is -3.26. The van der Waals surface area contributed by atoms with Gasteiger partial charge in [-0.15, -0.1) is 0 Å². The zero-order valence-corrected chi connectivity index (χ0v) is 15.8. The van der Waals surface area contributed by atoms with Crippen LogP contribution in [0.4, 0.5) is 0 Å². The Labute approximate surface area is 169 Å². The summed E-state index contributed by atoms with van der Waals surface area (Å²) in [6.07, 6.45) is 5.95. The van der Waals surface area contributed by atoms with Gasteiger partial charge in [0.15, 0.2) is 5.43 Å². The number of imidazole rings is 1. The van der Waals surface area contributed by atoms with Crippen molar-refractivity contribution in [3.8, 4) is 22.8 Å². The number of halogens is 1. The monoisotopic (exact) mass is 413 g/mol. The Morgan fingerprint density at radius 2 is 2.21 bits per heavy atom. The molecule has 9 heteroatoms. The number of benzene rings is 1. The lowest BCUT2D eigenvalue weighted by Gasteiger charge is -2.31. The van der Waals surface area contributed by atoms with Gasteiger partial charge in [-0.1, -0.05) is 11.6 Å². The number of rotatable bonds is 5. The van der Waals surface area contributed by atoms with E-state index in [1.807, 2.05) is 0 Å². The summed E-state index contributed by atoms with van der Waals surface area (Å²) in [5.41, 5.74) is 0.744. The predicted octanol–water partition coefficient (Wildman–Crippen LogP) is 3.32. The van der Waals surface area contributed by atoms with Crippen LogP contribution in [-0.2, 0) is 0 Å². The smallest absolute Gasteiger partial charge is 0.341 e. The molecule has 2 aliphatic rings. The summed E-state index contributed by atoms with van der Waals surface area (Å²) in [5, 5.41) is 9.75. The maximum Gasteiger partial charge on any atom is 0.341 e. The number of nitrogens with zero attached hydrogens (tertiary/aromatic N) is 2. The minimum atomic E-state index is -1.30. The predicted molar refractivity (Wildman–Crippen MR) is 104 cm³/mol. The molecular weight excluding hydrogens is 398 g/mol. The highest BCUT2D eigenvalue weighted by molar-refractivity contribution is 6.32. The van der Waals surface area contributed by atoms with Crippen molar-refractivity contribution in [2.24, 2.45) is 5.92 Å². The maximum atomic E-state index is 12.4. The van der Waals surface area contributed by atoms with Gasteiger partial charge in [-0.05, 0) is 24.8 Å². The first-order valence-electron chi connectivity index (χ1n) is 9.12. The normalized spacial score (nSPS) is 17.2. The second-order valence-corrected chi connectivity index (χ2v) is 7.57. The molecule has 1 fully saturated rings. The summed E-state index contributed by atoms with van der Waals surface area (Å²) in [5.74, 6) is 0.261. The lowest BCUT2D eigenvalue weighted by Crippen LogP contribution is -2.28. The van der Waals surface area contributed by atoms with E-state index in [0.717, 1.165) is 12.8 Å². The van der Waals surface area contributed by atoms with Gasteiger partial charge >= 0.3 is 5.97 Å². The van der Waals surface area contributed by atoms with E-state index in [1.165, 1.54) is 18.6 Å². The Morgan fingerprint density at radius 3 is 2.90 bits per heavy atom.